The maximum Gasteiger partial charge on any atom is 0.234 e. The number of amides is 1. The third-order valence-corrected chi connectivity index (χ3v) is 4.13. The summed E-state index contributed by atoms with van der Waals surface area (Å²) in [5.74, 6) is 0.945. The van der Waals surface area contributed by atoms with E-state index in [1.807, 2.05) is 13.8 Å². The van der Waals surface area contributed by atoms with E-state index in [1.54, 1.807) is 0 Å². The lowest BCUT2D eigenvalue weighted by atomic mass is 9.88. The van der Waals surface area contributed by atoms with E-state index < -0.39 is 0 Å². The molecule has 0 bridgehead atoms. The van der Waals surface area contributed by atoms with Gasteiger partial charge in [0.1, 0.15) is 0 Å². The number of carbonyl (C=O) groups excluding carboxylic acids is 1. The van der Waals surface area contributed by atoms with Crippen LogP contribution in [-0.4, -0.2) is 48.7 Å². The molecule has 0 aromatic carbocycles. The van der Waals surface area contributed by atoms with Crippen LogP contribution in [0.4, 0.5) is 0 Å². The van der Waals surface area contributed by atoms with E-state index in [1.165, 1.54) is 19.3 Å². The summed E-state index contributed by atoms with van der Waals surface area (Å²) in [6.45, 7) is 12.9. The minimum absolute atomic E-state index is 0.153. The van der Waals surface area contributed by atoms with Crippen LogP contribution in [0.15, 0.2) is 0 Å². The van der Waals surface area contributed by atoms with Crippen molar-refractivity contribution in [1.82, 2.24) is 10.2 Å². The van der Waals surface area contributed by atoms with Gasteiger partial charge in [0, 0.05) is 18.7 Å². The van der Waals surface area contributed by atoms with Crippen LogP contribution < -0.4 is 5.32 Å². The summed E-state index contributed by atoms with van der Waals surface area (Å²) in [4.78, 5) is 14.2. The molecule has 0 radical (unpaired) electrons. The molecule has 0 aromatic heterocycles. The van der Waals surface area contributed by atoms with E-state index in [4.69, 9.17) is 4.74 Å². The minimum Gasteiger partial charge on any atom is -0.379 e. The molecule has 4 heteroatoms. The van der Waals surface area contributed by atoms with Crippen LogP contribution in [0.2, 0.25) is 0 Å². The van der Waals surface area contributed by atoms with Crippen LogP contribution in [0.1, 0.15) is 60.3 Å². The zero-order chi connectivity index (χ0) is 15.8. The van der Waals surface area contributed by atoms with Crippen molar-refractivity contribution in [3.63, 3.8) is 0 Å². The van der Waals surface area contributed by atoms with Gasteiger partial charge in [-0.15, -0.1) is 0 Å². The van der Waals surface area contributed by atoms with Gasteiger partial charge in [-0.3, -0.25) is 9.69 Å². The first-order valence-corrected chi connectivity index (χ1v) is 8.53. The van der Waals surface area contributed by atoms with Crippen molar-refractivity contribution in [2.75, 3.05) is 19.7 Å². The number of ether oxygens (including phenoxy) is 1. The number of nitrogens with zero attached hydrogens (tertiary/aromatic N) is 1. The molecule has 1 fully saturated rings. The predicted octanol–water partition coefficient (Wildman–Crippen LogP) is 2.82. The van der Waals surface area contributed by atoms with Crippen molar-refractivity contribution < 1.29 is 9.53 Å². The van der Waals surface area contributed by atoms with Crippen molar-refractivity contribution in [2.45, 2.75) is 78.5 Å². The Bertz CT molecular complexity index is 305. The normalized spacial score (nSPS) is 23.8. The van der Waals surface area contributed by atoms with Gasteiger partial charge in [-0.2, -0.15) is 0 Å². The molecule has 0 aliphatic carbocycles. The summed E-state index contributed by atoms with van der Waals surface area (Å²) in [6, 6.07) is 0.735. The van der Waals surface area contributed by atoms with Crippen molar-refractivity contribution in [2.24, 2.45) is 5.92 Å². The van der Waals surface area contributed by atoms with Gasteiger partial charge in [0.15, 0.2) is 0 Å². The lowest BCUT2D eigenvalue weighted by Gasteiger charge is -2.37. The van der Waals surface area contributed by atoms with Gasteiger partial charge in [0.05, 0.1) is 12.6 Å². The fourth-order valence-corrected chi connectivity index (χ4v) is 3.06. The van der Waals surface area contributed by atoms with Crippen molar-refractivity contribution in [3.8, 4) is 0 Å². The third-order valence-electron chi connectivity index (χ3n) is 4.13. The number of hydrogen-bond acceptors (Lipinski definition) is 3. The summed E-state index contributed by atoms with van der Waals surface area (Å²) < 4.78 is 5.61. The summed E-state index contributed by atoms with van der Waals surface area (Å²) in [5, 5.41) is 2.98. The topological polar surface area (TPSA) is 41.6 Å². The molecule has 21 heavy (non-hydrogen) atoms. The summed E-state index contributed by atoms with van der Waals surface area (Å²) in [5.41, 5.74) is 0. The van der Waals surface area contributed by atoms with E-state index in [2.05, 4.69) is 31.0 Å². The van der Waals surface area contributed by atoms with Gasteiger partial charge < -0.3 is 10.1 Å². The number of hydrogen-bond donors (Lipinski definition) is 1. The molecule has 1 aliphatic heterocycles. The highest BCUT2D eigenvalue weighted by Crippen LogP contribution is 2.26. The molecule has 124 valence electrons. The number of likely N-dealkylation sites (tertiary alicyclic amines) is 1. The number of nitrogens with one attached hydrogen (secondary N) is 1. The molecule has 1 N–H and O–H groups in total. The molecule has 1 aliphatic rings. The first kappa shape index (κ1) is 18.4. The fourth-order valence-electron chi connectivity index (χ4n) is 3.06. The second-order valence-corrected chi connectivity index (χ2v) is 6.99. The largest absolute Gasteiger partial charge is 0.379 e. The minimum atomic E-state index is 0.153. The zero-order valence-electron chi connectivity index (χ0n) is 14.5. The molecular formula is C17H34N2O2. The lowest BCUT2D eigenvalue weighted by Crippen LogP contribution is -2.47. The molecule has 1 saturated heterocycles. The van der Waals surface area contributed by atoms with Crippen LogP contribution in [0.5, 0.6) is 0 Å². The van der Waals surface area contributed by atoms with Crippen molar-refractivity contribution in [3.05, 3.63) is 0 Å². The first-order valence-electron chi connectivity index (χ1n) is 8.53. The smallest absolute Gasteiger partial charge is 0.234 e. The van der Waals surface area contributed by atoms with E-state index in [0.717, 1.165) is 25.5 Å². The molecule has 1 heterocycles. The third kappa shape index (κ3) is 7.82. The van der Waals surface area contributed by atoms with E-state index in [9.17, 15) is 4.79 Å². The highest BCUT2D eigenvalue weighted by Gasteiger charge is 2.26. The molecule has 2 atom stereocenters. The van der Waals surface area contributed by atoms with Crippen LogP contribution >= 0.6 is 0 Å². The van der Waals surface area contributed by atoms with Crippen LogP contribution in [0.3, 0.4) is 0 Å². The van der Waals surface area contributed by atoms with Gasteiger partial charge in [0.25, 0.3) is 0 Å². The Balaban J connectivity index is 2.22. The molecule has 0 unspecified atom stereocenters. The highest BCUT2D eigenvalue weighted by molar-refractivity contribution is 5.78. The van der Waals surface area contributed by atoms with Gasteiger partial charge >= 0.3 is 0 Å². The molecule has 0 aromatic rings. The van der Waals surface area contributed by atoms with Gasteiger partial charge in [-0.05, 0) is 72.8 Å². The number of rotatable bonds is 8. The molecule has 4 nitrogen and oxygen atoms in total. The Kier molecular flexibility index (Phi) is 8.27. The van der Waals surface area contributed by atoms with E-state index >= 15 is 0 Å². The number of carbonyl (C=O) groups is 1. The van der Waals surface area contributed by atoms with E-state index in [-0.39, 0.29) is 11.9 Å². The summed E-state index contributed by atoms with van der Waals surface area (Å²) in [6.07, 6.45) is 5.16. The Labute approximate surface area is 130 Å². The van der Waals surface area contributed by atoms with Crippen LogP contribution in [0, 0.1) is 5.92 Å². The Hall–Kier alpha value is -0.610. The predicted molar refractivity (Wildman–Crippen MR) is 87.4 cm³/mol. The lowest BCUT2D eigenvalue weighted by molar-refractivity contribution is -0.123. The second kappa shape index (κ2) is 9.42. The first-order chi connectivity index (χ1) is 9.88. The highest BCUT2D eigenvalue weighted by atomic mass is 16.5. The average molecular weight is 298 g/mol. The van der Waals surface area contributed by atoms with Crippen LogP contribution in [-0.2, 0) is 9.53 Å². The van der Waals surface area contributed by atoms with Gasteiger partial charge in [0.2, 0.25) is 5.91 Å². The Morgan fingerprint density at radius 3 is 2.62 bits per heavy atom. The zero-order valence-corrected chi connectivity index (χ0v) is 14.5. The fraction of sp³-hybridized carbons (Fsp3) is 0.941. The molecule has 0 spiro atoms. The van der Waals surface area contributed by atoms with E-state index in [0.29, 0.717) is 18.7 Å². The summed E-state index contributed by atoms with van der Waals surface area (Å²) >= 11 is 0. The maximum atomic E-state index is 11.9. The quantitative estimate of drug-likeness (QED) is 0.701. The monoisotopic (exact) mass is 298 g/mol. The van der Waals surface area contributed by atoms with Crippen LogP contribution in [0.25, 0.3) is 0 Å². The maximum absolute atomic E-state index is 11.9. The Morgan fingerprint density at radius 2 is 2.05 bits per heavy atom. The molecule has 0 saturated carbocycles. The molecule has 1 rings (SSSR count). The summed E-state index contributed by atoms with van der Waals surface area (Å²) in [7, 11) is 0. The van der Waals surface area contributed by atoms with Gasteiger partial charge in [-0.25, -0.2) is 0 Å². The molecule has 1 amide bonds. The number of piperidine rings is 1. The second-order valence-electron chi connectivity index (χ2n) is 6.99. The Morgan fingerprint density at radius 1 is 1.33 bits per heavy atom. The SMILES string of the molecule is CC(C)NC(=O)CN1CC[C@@H](CCCOC(C)C)C[C@H]1C. The average Bonchev–Trinajstić information content (AvgIpc) is 2.36. The van der Waals surface area contributed by atoms with Gasteiger partial charge in [-0.1, -0.05) is 0 Å². The van der Waals surface area contributed by atoms with Crippen molar-refractivity contribution in [1.29, 1.82) is 0 Å². The molecular weight excluding hydrogens is 264 g/mol. The standard InChI is InChI=1S/C17H34N2O2/c1-13(2)18-17(20)12-19-9-8-16(11-15(19)5)7-6-10-21-14(3)4/h13-16H,6-12H2,1-5H3,(H,18,20)/t15-,16-/m1/s1. The van der Waals surface area contributed by atoms with Crippen molar-refractivity contribution >= 4 is 5.91 Å².